The summed E-state index contributed by atoms with van der Waals surface area (Å²) in [6, 6.07) is 6.57. The number of aliphatic hydroxyl groups is 1. The van der Waals surface area contributed by atoms with Crippen LogP contribution in [0.4, 0.5) is 11.8 Å². The molecule has 4 aromatic rings. The molecule has 170 valence electrons. The molecule has 8 heteroatoms. The zero-order chi connectivity index (χ0) is 22.2. The summed E-state index contributed by atoms with van der Waals surface area (Å²) in [5.41, 5.74) is 3.23. The first-order chi connectivity index (χ1) is 16.2. The molecular formula is C25H29N7O. The number of β-amino-alcohol motifs (C(OH)–C–C–N with tert-alkyl or cyclic N) is 1. The second-order valence-electron chi connectivity index (χ2n) is 9.34. The van der Waals surface area contributed by atoms with Gasteiger partial charge in [-0.25, -0.2) is 9.97 Å². The summed E-state index contributed by atoms with van der Waals surface area (Å²) < 4.78 is 2.36. The van der Waals surface area contributed by atoms with Crippen LogP contribution in [0.25, 0.3) is 21.9 Å². The topological polar surface area (TPSA) is 92.0 Å². The third kappa shape index (κ3) is 4.05. The number of rotatable bonds is 5. The predicted molar refractivity (Wildman–Crippen MR) is 128 cm³/mol. The lowest BCUT2D eigenvalue weighted by Crippen LogP contribution is -2.37. The maximum absolute atomic E-state index is 9.89. The number of piperidine rings is 1. The molecule has 1 aliphatic carbocycles. The number of aliphatic hydroxyl groups excluding tert-OH is 1. The van der Waals surface area contributed by atoms with Crippen molar-refractivity contribution in [2.75, 3.05) is 18.4 Å². The second kappa shape index (κ2) is 8.68. The van der Waals surface area contributed by atoms with Gasteiger partial charge in [0.1, 0.15) is 11.5 Å². The molecule has 5 heterocycles. The minimum absolute atomic E-state index is 0.213. The summed E-state index contributed by atoms with van der Waals surface area (Å²) in [6.07, 6.45) is 14.2. The van der Waals surface area contributed by atoms with Gasteiger partial charge in [0.25, 0.3) is 0 Å². The number of nitrogens with zero attached hydrogens (tertiary/aromatic N) is 6. The maximum Gasteiger partial charge on any atom is 0.230 e. The van der Waals surface area contributed by atoms with Gasteiger partial charge in [0.2, 0.25) is 5.95 Å². The van der Waals surface area contributed by atoms with E-state index in [1.165, 1.54) is 25.7 Å². The molecule has 1 unspecified atom stereocenters. The van der Waals surface area contributed by atoms with Gasteiger partial charge in [-0.15, -0.1) is 0 Å². The number of nitrogens with one attached hydrogen (secondary N) is 1. The minimum Gasteiger partial charge on any atom is -0.392 e. The lowest BCUT2D eigenvalue weighted by molar-refractivity contribution is 0.0668. The molecule has 0 spiro atoms. The molecule has 1 saturated heterocycles. The molecule has 6 rings (SSSR count). The highest BCUT2D eigenvalue weighted by Crippen LogP contribution is 2.37. The van der Waals surface area contributed by atoms with E-state index in [0.717, 1.165) is 65.8 Å². The molecule has 8 nitrogen and oxygen atoms in total. The quantitative estimate of drug-likeness (QED) is 0.478. The van der Waals surface area contributed by atoms with Crippen LogP contribution in [0.1, 0.15) is 50.1 Å². The third-order valence-electron chi connectivity index (χ3n) is 6.99. The average molecular weight is 444 g/mol. The number of hydrogen-bond donors (Lipinski definition) is 2. The van der Waals surface area contributed by atoms with Gasteiger partial charge < -0.3 is 15.0 Å². The first-order valence-electron chi connectivity index (χ1n) is 12.0. The Bertz CT molecular complexity index is 1260. The zero-order valence-corrected chi connectivity index (χ0v) is 18.7. The fourth-order valence-corrected chi connectivity index (χ4v) is 5.40. The molecule has 2 N–H and O–H groups in total. The summed E-state index contributed by atoms with van der Waals surface area (Å²) in [5.74, 6) is 1.28. The summed E-state index contributed by atoms with van der Waals surface area (Å²) in [6.45, 7) is 2.57. The van der Waals surface area contributed by atoms with E-state index in [1.807, 2.05) is 30.9 Å². The molecular weight excluding hydrogens is 414 g/mol. The summed E-state index contributed by atoms with van der Waals surface area (Å²) in [4.78, 5) is 20.7. The van der Waals surface area contributed by atoms with Crippen molar-refractivity contribution in [2.45, 2.75) is 57.2 Å². The molecule has 0 radical (unpaired) electrons. The third-order valence-corrected chi connectivity index (χ3v) is 6.99. The van der Waals surface area contributed by atoms with Crippen molar-refractivity contribution in [2.24, 2.45) is 0 Å². The highest BCUT2D eigenvalue weighted by atomic mass is 16.3. The number of likely N-dealkylation sites (tertiary alicyclic amines) is 1. The molecule has 1 aliphatic heterocycles. The maximum atomic E-state index is 9.89. The van der Waals surface area contributed by atoms with Crippen LogP contribution in [0, 0.1) is 0 Å². The highest BCUT2D eigenvalue weighted by Gasteiger charge is 2.23. The van der Waals surface area contributed by atoms with Gasteiger partial charge in [-0.05, 0) is 49.9 Å². The minimum atomic E-state index is -0.213. The lowest BCUT2D eigenvalue weighted by Gasteiger charge is -2.29. The van der Waals surface area contributed by atoms with Gasteiger partial charge in [-0.2, -0.15) is 4.98 Å². The van der Waals surface area contributed by atoms with Gasteiger partial charge in [0.05, 0.1) is 17.8 Å². The van der Waals surface area contributed by atoms with Crippen molar-refractivity contribution < 1.29 is 5.11 Å². The Kier molecular flexibility index (Phi) is 5.39. The standard InChI is InChI=1S/C25H29N7O/c33-19-6-3-11-31(16-19)15-17-7-8-23(27-12-17)29-25-28-13-21-20-9-10-26-14-22(20)32(24(21)30-25)18-4-1-2-5-18/h7-10,12-14,18-19,33H,1-6,11,15-16H2,(H,27,28,29,30). The average Bonchev–Trinajstić information content (AvgIpc) is 3.46. The van der Waals surface area contributed by atoms with Crippen molar-refractivity contribution in [3.63, 3.8) is 0 Å². The summed E-state index contributed by atoms with van der Waals surface area (Å²) >= 11 is 0. The van der Waals surface area contributed by atoms with Crippen LogP contribution in [0.3, 0.4) is 0 Å². The van der Waals surface area contributed by atoms with Crippen molar-refractivity contribution in [3.8, 4) is 0 Å². The number of hydrogen-bond acceptors (Lipinski definition) is 7. The van der Waals surface area contributed by atoms with Crippen LogP contribution in [0.5, 0.6) is 0 Å². The Morgan fingerprint density at radius 3 is 2.70 bits per heavy atom. The van der Waals surface area contributed by atoms with E-state index >= 15 is 0 Å². The number of aromatic nitrogens is 5. The first-order valence-corrected chi connectivity index (χ1v) is 12.0. The van der Waals surface area contributed by atoms with Gasteiger partial charge in [-0.1, -0.05) is 18.9 Å². The fourth-order valence-electron chi connectivity index (χ4n) is 5.40. The van der Waals surface area contributed by atoms with Gasteiger partial charge >= 0.3 is 0 Å². The largest absolute Gasteiger partial charge is 0.392 e. The lowest BCUT2D eigenvalue weighted by atomic mass is 10.1. The van der Waals surface area contributed by atoms with Crippen LogP contribution < -0.4 is 5.32 Å². The van der Waals surface area contributed by atoms with Crippen LogP contribution in [-0.4, -0.2) is 53.7 Å². The molecule has 33 heavy (non-hydrogen) atoms. The van der Waals surface area contributed by atoms with E-state index in [2.05, 4.69) is 41.9 Å². The first kappa shape index (κ1) is 20.5. The predicted octanol–water partition coefficient (Wildman–Crippen LogP) is 4.19. The Morgan fingerprint density at radius 2 is 1.88 bits per heavy atom. The Morgan fingerprint density at radius 1 is 0.970 bits per heavy atom. The number of pyridine rings is 2. The van der Waals surface area contributed by atoms with Crippen molar-refractivity contribution in [3.05, 3.63) is 48.5 Å². The van der Waals surface area contributed by atoms with Crippen molar-refractivity contribution in [1.82, 2.24) is 29.4 Å². The molecule has 0 bridgehead atoms. The molecule has 1 saturated carbocycles. The van der Waals surface area contributed by atoms with Gasteiger partial charge in [0, 0.05) is 48.5 Å². The van der Waals surface area contributed by atoms with Crippen LogP contribution in [0.2, 0.25) is 0 Å². The van der Waals surface area contributed by atoms with Gasteiger partial charge in [0.15, 0.2) is 0 Å². The van der Waals surface area contributed by atoms with E-state index < -0.39 is 0 Å². The van der Waals surface area contributed by atoms with Crippen molar-refractivity contribution in [1.29, 1.82) is 0 Å². The normalized spacial score (nSPS) is 20.1. The molecule has 0 aromatic carbocycles. The van der Waals surface area contributed by atoms with Crippen LogP contribution in [-0.2, 0) is 6.54 Å². The Labute approximate surface area is 192 Å². The van der Waals surface area contributed by atoms with E-state index in [9.17, 15) is 5.11 Å². The molecule has 2 aliphatic rings. The van der Waals surface area contributed by atoms with Gasteiger partial charge in [-0.3, -0.25) is 9.88 Å². The number of anilines is 2. The molecule has 4 aromatic heterocycles. The molecule has 1 atom stereocenters. The zero-order valence-electron chi connectivity index (χ0n) is 18.7. The van der Waals surface area contributed by atoms with E-state index in [-0.39, 0.29) is 6.10 Å². The smallest absolute Gasteiger partial charge is 0.230 e. The van der Waals surface area contributed by atoms with E-state index in [0.29, 0.717) is 12.0 Å². The van der Waals surface area contributed by atoms with Crippen molar-refractivity contribution >= 4 is 33.7 Å². The summed E-state index contributed by atoms with van der Waals surface area (Å²) in [5, 5.41) is 15.4. The number of fused-ring (bicyclic) bond motifs is 3. The Balaban J connectivity index is 1.26. The Hall–Kier alpha value is -3.10. The SMILES string of the molecule is OC1CCCN(Cc2ccc(Nc3ncc4c5ccncc5n(C5CCCC5)c4n3)nc2)C1. The highest BCUT2D eigenvalue weighted by molar-refractivity contribution is 6.06. The second-order valence-corrected chi connectivity index (χ2v) is 9.34. The summed E-state index contributed by atoms with van der Waals surface area (Å²) in [7, 11) is 0. The molecule has 2 fully saturated rings. The monoisotopic (exact) mass is 443 g/mol. The van der Waals surface area contributed by atoms with Crippen LogP contribution >= 0.6 is 0 Å². The van der Waals surface area contributed by atoms with Crippen LogP contribution in [0.15, 0.2) is 43.0 Å². The van der Waals surface area contributed by atoms with E-state index in [4.69, 9.17) is 4.98 Å². The fraction of sp³-hybridized carbons (Fsp3) is 0.440. The molecule has 0 amide bonds. The van der Waals surface area contributed by atoms with E-state index in [1.54, 1.807) is 0 Å².